The Morgan fingerprint density at radius 1 is 1.11 bits per heavy atom. The number of aryl methyl sites for hydroxylation is 1. The van der Waals surface area contributed by atoms with Crippen LogP contribution in [0.25, 0.3) is 0 Å². The smallest absolute Gasteiger partial charge is 0.129 e. The quantitative estimate of drug-likeness (QED) is 0.876. The summed E-state index contributed by atoms with van der Waals surface area (Å²) >= 11 is 3.45. The molecule has 1 atom stereocenters. The van der Waals surface area contributed by atoms with E-state index in [4.69, 9.17) is 0 Å². The minimum absolute atomic E-state index is 0.157. The summed E-state index contributed by atoms with van der Waals surface area (Å²) in [7, 11) is 1.85. The topological polar surface area (TPSA) is 12.0 Å². The van der Waals surface area contributed by atoms with E-state index in [1.54, 1.807) is 6.07 Å². The highest BCUT2D eigenvalue weighted by Gasteiger charge is 2.20. The molecule has 2 aromatic rings. The molecule has 2 rings (SSSR count). The average molecular weight is 322 g/mol. The maximum absolute atomic E-state index is 14.1. The van der Waals surface area contributed by atoms with Gasteiger partial charge >= 0.3 is 0 Å². The fourth-order valence-corrected chi connectivity index (χ4v) is 2.90. The monoisotopic (exact) mass is 321 g/mol. The molecule has 0 aliphatic heterocycles. The van der Waals surface area contributed by atoms with Gasteiger partial charge < -0.3 is 5.32 Å². The van der Waals surface area contributed by atoms with Gasteiger partial charge in [-0.1, -0.05) is 40.2 Å². The zero-order chi connectivity index (χ0) is 14.0. The van der Waals surface area contributed by atoms with Gasteiger partial charge in [-0.3, -0.25) is 0 Å². The molecule has 1 nitrogen and oxygen atoms in total. The van der Waals surface area contributed by atoms with Crippen LogP contribution >= 0.6 is 15.9 Å². The van der Waals surface area contributed by atoms with Crippen molar-refractivity contribution in [3.05, 3.63) is 68.9 Å². The van der Waals surface area contributed by atoms with Gasteiger partial charge in [0, 0.05) is 10.0 Å². The van der Waals surface area contributed by atoms with E-state index in [9.17, 15) is 4.39 Å². The normalized spacial score (nSPS) is 12.5. The molecule has 100 valence electrons. The zero-order valence-corrected chi connectivity index (χ0v) is 12.9. The Bertz CT molecular complexity index is 575. The van der Waals surface area contributed by atoms with Crippen LogP contribution in [0.4, 0.5) is 4.39 Å². The third-order valence-electron chi connectivity index (χ3n) is 3.53. The number of nitrogens with one attached hydrogen (secondary N) is 1. The molecule has 0 saturated carbocycles. The summed E-state index contributed by atoms with van der Waals surface area (Å²) in [6, 6.07) is 11.0. The van der Waals surface area contributed by atoms with Gasteiger partial charge in [-0.05, 0) is 49.7 Å². The molecule has 0 spiro atoms. The molecule has 2 aromatic carbocycles. The van der Waals surface area contributed by atoms with E-state index in [0.717, 1.165) is 10.0 Å². The first-order valence-electron chi connectivity index (χ1n) is 6.23. The first-order valence-corrected chi connectivity index (χ1v) is 7.03. The number of rotatable bonds is 3. The van der Waals surface area contributed by atoms with Gasteiger partial charge in [0.25, 0.3) is 0 Å². The first kappa shape index (κ1) is 14.2. The minimum atomic E-state index is -0.199. The molecule has 0 heterocycles. The van der Waals surface area contributed by atoms with E-state index >= 15 is 0 Å². The second-order valence-electron chi connectivity index (χ2n) is 4.65. The van der Waals surface area contributed by atoms with Gasteiger partial charge in [-0.2, -0.15) is 0 Å². The molecule has 3 heteroatoms. The average Bonchev–Trinajstić information content (AvgIpc) is 2.38. The molecule has 0 aliphatic rings. The number of hydrogen-bond acceptors (Lipinski definition) is 1. The molecule has 19 heavy (non-hydrogen) atoms. The maximum atomic E-state index is 14.1. The summed E-state index contributed by atoms with van der Waals surface area (Å²) in [6.07, 6.45) is 0. The van der Waals surface area contributed by atoms with Gasteiger partial charge in [0.05, 0.1) is 6.04 Å². The van der Waals surface area contributed by atoms with Crippen LogP contribution in [-0.4, -0.2) is 7.05 Å². The third kappa shape index (κ3) is 2.72. The Balaban J connectivity index is 2.60. The van der Waals surface area contributed by atoms with Crippen molar-refractivity contribution in [3.63, 3.8) is 0 Å². The van der Waals surface area contributed by atoms with Crippen molar-refractivity contribution >= 4 is 15.9 Å². The van der Waals surface area contributed by atoms with Gasteiger partial charge in [-0.15, -0.1) is 0 Å². The van der Waals surface area contributed by atoms with Crippen LogP contribution in [0.15, 0.2) is 40.9 Å². The molecule has 0 amide bonds. The Labute approximate surface area is 122 Å². The van der Waals surface area contributed by atoms with Crippen LogP contribution in [0.3, 0.4) is 0 Å². The second kappa shape index (κ2) is 5.85. The van der Waals surface area contributed by atoms with Crippen molar-refractivity contribution in [2.45, 2.75) is 19.9 Å². The number of halogens is 2. The summed E-state index contributed by atoms with van der Waals surface area (Å²) in [5, 5.41) is 3.21. The lowest BCUT2D eigenvalue weighted by Crippen LogP contribution is -2.20. The lowest BCUT2D eigenvalue weighted by molar-refractivity contribution is 0.572. The molecule has 0 aromatic heterocycles. The third-order valence-corrected chi connectivity index (χ3v) is 4.23. The molecule has 0 aliphatic carbocycles. The SMILES string of the molecule is CNC(c1cccc(C)c1C)c1c(F)cccc1Br. The van der Waals surface area contributed by atoms with E-state index < -0.39 is 0 Å². The van der Waals surface area contributed by atoms with Crippen molar-refractivity contribution in [1.29, 1.82) is 0 Å². The van der Waals surface area contributed by atoms with Gasteiger partial charge in [0.1, 0.15) is 5.82 Å². The fourth-order valence-electron chi connectivity index (χ4n) is 2.33. The summed E-state index contributed by atoms with van der Waals surface area (Å²) in [5.41, 5.74) is 4.16. The molecular formula is C16H17BrFN. The van der Waals surface area contributed by atoms with Crippen LogP contribution in [0.2, 0.25) is 0 Å². The molecule has 0 bridgehead atoms. The van der Waals surface area contributed by atoms with Crippen LogP contribution in [0.1, 0.15) is 28.3 Å². The largest absolute Gasteiger partial charge is 0.309 e. The Morgan fingerprint density at radius 2 is 1.79 bits per heavy atom. The van der Waals surface area contributed by atoms with Crippen LogP contribution in [0.5, 0.6) is 0 Å². The predicted octanol–water partition coefficient (Wildman–Crippen LogP) is 4.51. The lowest BCUT2D eigenvalue weighted by atomic mass is 9.92. The van der Waals surface area contributed by atoms with Crippen LogP contribution in [-0.2, 0) is 0 Å². The molecule has 1 N–H and O–H groups in total. The van der Waals surface area contributed by atoms with Crippen molar-refractivity contribution in [1.82, 2.24) is 5.32 Å². The summed E-state index contributed by atoms with van der Waals surface area (Å²) < 4.78 is 14.9. The lowest BCUT2D eigenvalue weighted by Gasteiger charge is -2.22. The highest BCUT2D eigenvalue weighted by molar-refractivity contribution is 9.10. The standard InChI is InChI=1S/C16H17BrFN/c1-10-6-4-7-12(11(10)2)16(19-3)15-13(17)8-5-9-14(15)18/h4-9,16,19H,1-3H3. The fraction of sp³-hybridized carbons (Fsp3) is 0.250. The van der Waals surface area contributed by atoms with E-state index in [2.05, 4.69) is 41.2 Å². The summed E-state index contributed by atoms with van der Waals surface area (Å²) in [5.74, 6) is -0.199. The second-order valence-corrected chi connectivity index (χ2v) is 5.50. The van der Waals surface area contributed by atoms with Gasteiger partial charge in [-0.25, -0.2) is 4.39 Å². The van der Waals surface area contributed by atoms with E-state index in [1.165, 1.54) is 17.2 Å². The highest BCUT2D eigenvalue weighted by Crippen LogP contribution is 2.32. The Hall–Kier alpha value is -1.19. The predicted molar refractivity (Wildman–Crippen MR) is 80.9 cm³/mol. The molecule has 0 radical (unpaired) electrons. The summed E-state index contributed by atoms with van der Waals surface area (Å²) in [6.45, 7) is 4.14. The maximum Gasteiger partial charge on any atom is 0.129 e. The van der Waals surface area contributed by atoms with Crippen LogP contribution < -0.4 is 5.32 Å². The van der Waals surface area contributed by atoms with Crippen molar-refractivity contribution in [2.24, 2.45) is 0 Å². The molecule has 1 unspecified atom stereocenters. The van der Waals surface area contributed by atoms with Crippen LogP contribution in [0, 0.1) is 19.7 Å². The van der Waals surface area contributed by atoms with Crippen molar-refractivity contribution in [3.8, 4) is 0 Å². The number of hydrogen-bond donors (Lipinski definition) is 1. The Kier molecular flexibility index (Phi) is 4.38. The number of benzene rings is 2. The molecule has 0 fully saturated rings. The first-order chi connectivity index (χ1) is 9.06. The van der Waals surface area contributed by atoms with Crippen molar-refractivity contribution < 1.29 is 4.39 Å². The summed E-state index contributed by atoms with van der Waals surface area (Å²) in [4.78, 5) is 0. The molecule has 0 saturated heterocycles. The van der Waals surface area contributed by atoms with Crippen molar-refractivity contribution in [2.75, 3.05) is 7.05 Å². The van der Waals surface area contributed by atoms with E-state index in [-0.39, 0.29) is 11.9 Å². The van der Waals surface area contributed by atoms with E-state index in [1.807, 2.05) is 25.2 Å². The van der Waals surface area contributed by atoms with E-state index in [0.29, 0.717) is 5.56 Å². The van der Waals surface area contributed by atoms with Gasteiger partial charge in [0.15, 0.2) is 0 Å². The minimum Gasteiger partial charge on any atom is -0.309 e. The van der Waals surface area contributed by atoms with Gasteiger partial charge in [0.2, 0.25) is 0 Å². The highest BCUT2D eigenvalue weighted by atomic mass is 79.9. The zero-order valence-electron chi connectivity index (χ0n) is 11.3. The Morgan fingerprint density at radius 3 is 2.42 bits per heavy atom. The molecular weight excluding hydrogens is 305 g/mol.